The summed E-state index contributed by atoms with van der Waals surface area (Å²) >= 11 is 5.67. The third kappa shape index (κ3) is 6.71. The van der Waals surface area contributed by atoms with E-state index in [9.17, 15) is 13.2 Å². The van der Waals surface area contributed by atoms with Crippen molar-refractivity contribution in [2.24, 2.45) is 15.9 Å². The zero-order chi connectivity index (χ0) is 22.3. The monoisotopic (exact) mass is 447 g/mol. The lowest BCUT2D eigenvalue weighted by Gasteiger charge is -2.10. The largest absolute Gasteiger partial charge is 0.457 e. The first-order valence-electron chi connectivity index (χ1n) is 8.96. The molecule has 0 atom stereocenters. The molecule has 3 aromatic rings. The maximum Gasteiger partial charge on any atom is 0.433 e. The molecule has 0 saturated carbocycles. The van der Waals surface area contributed by atoms with Crippen LogP contribution in [0.5, 0.6) is 11.5 Å². The number of hydrazone groups is 1. The molecule has 0 bridgehead atoms. The molecule has 0 amide bonds. The second-order valence-electron chi connectivity index (χ2n) is 6.20. The highest BCUT2D eigenvalue weighted by Crippen LogP contribution is 2.30. The highest BCUT2D eigenvalue weighted by molar-refractivity contribution is 6.32. The highest BCUT2D eigenvalue weighted by Gasteiger charge is 2.33. The number of anilines is 1. The summed E-state index contributed by atoms with van der Waals surface area (Å²) in [6.07, 6.45) is -3.20. The smallest absolute Gasteiger partial charge is 0.433 e. The Morgan fingerprint density at radius 3 is 2.39 bits per heavy atom. The highest BCUT2D eigenvalue weighted by atomic mass is 35.5. The van der Waals surface area contributed by atoms with Gasteiger partial charge in [0.05, 0.1) is 24.2 Å². The number of nitrogens with one attached hydrogen (secondary N) is 1. The summed E-state index contributed by atoms with van der Waals surface area (Å²) in [5.74, 6) is 6.72. The van der Waals surface area contributed by atoms with Crippen LogP contribution in [0.2, 0.25) is 5.15 Å². The number of halogens is 4. The molecule has 31 heavy (non-hydrogen) atoms. The molecule has 0 radical (unpaired) electrons. The fourth-order valence-corrected chi connectivity index (χ4v) is 2.64. The first-order chi connectivity index (χ1) is 14.8. The van der Waals surface area contributed by atoms with Crippen LogP contribution in [-0.2, 0) is 6.18 Å². The molecular formula is C21H17ClF3N5O. The van der Waals surface area contributed by atoms with E-state index < -0.39 is 11.9 Å². The summed E-state index contributed by atoms with van der Waals surface area (Å²) in [6, 6.07) is 18.5. The fraction of sp³-hybridized carbons (Fsp3) is 0.0952. The van der Waals surface area contributed by atoms with Crippen molar-refractivity contribution in [2.45, 2.75) is 6.18 Å². The van der Waals surface area contributed by atoms with Crippen LogP contribution in [0.15, 0.2) is 76.8 Å². The molecule has 0 aliphatic heterocycles. The number of benzene rings is 2. The minimum Gasteiger partial charge on any atom is -0.457 e. The standard InChI is InChI=1S/C21H17ClF3N5O/c22-20-11-15(10-19(29-20)21(23,24)25)28-13-16(30-26)12-27-14-6-8-18(9-7-14)31-17-4-2-1-3-5-17/h1-12H,13,26H2,(H,28,29). The number of nitrogens with zero attached hydrogens (tertiary/aromatic N) is 3. The molecule has 160 valence electrons. The van der Waals surface area contributed by atoms with E-state index in [0.29, 0.717) is 22.9 Å². The first kappa shape index (κ1) is 22.1. The number of aliphatic imine (C=N–C) groups is 1. The Bertz CT molecular complexity index is 1070. The number of alkyl halides is 3. The van der Waals surface area contributed by atoms with E-state index in [2.05, 4.69) is 20.4 Å². The molecule has 0 aliphatic carbocycles. The molecule has 0 unspecified atom stereocenters. The zero-order valence-electron chi connectivity index (χ0n) is 16.0. The van der Waals surface area contributed by atoms with E-state index in [1.807, 2.05) is 30.3 Å². The molecule has 6 nitrogen and oxygen atoms in total. The first-order valence-corrected chi connectivity index (χ1v) is 9.34. The van der Waals surface area contributed by atoms with Crippen molar-refractivity contribution in [2.75, 3.05) is 11.9 Å². The van der Waals surface area contributed by atoms with Crippen molar-refractivity contribution in [3.63, 3.8) is 0 Å². The van der Waals surface area contributed by atoms with Crippen LogP contribution >= 0.6 is 11.6 Å². The number of nitrogens with two attached hydrogens (primary N) is 1. The zero-order valence-corrected chi connectivity index (χ0v) is 16.7. The van der Waals surface area contributed by atoms with Gasteiger partial charge < -0.3 is 15.9 Å². The van der Waals surface area contributed by atoms with E-state index in [4.69, 9.17) is 22.2 Å². The predicted octanol–water partition coefficient (Wildman–Crippen LogP) is 5.68. The van der Waals surface area contributed by atoms with Crippen LogP contribution in [-0.4, -0.2) is 23.5 Å². The Labute approximate surface area is 181 Å². The van der Waals surface area contributed by atoms with Crippen molar-refractivity contribution >= 4 is 34.9 Å². The Morgan fingerprint density at radius 1 is 1.06 bits per heavy atom. The van der Waals surface area contributed by atoms with Crippen molar-refractivity contribution in [3.8, 4) is 11.5 Å². The summed E-state index contributed by atoms with van der Waals surface area (Å²) in [4.78, 5) is 7.53. The number of para-hydroxylation sites is 1. The molecule has 0 spiro atoms. The van der Waals surface area contributed by atoms with E-state index in [0.717, 1.165) is 6.07 Å². The number of aromatic nitrogens is 1. The van der Waals surface area contributed by atoms with Gasteiger partial charge in [-0.3, -0.25) is 4.99 Å². The average Bonchev–Trinajstić information content (AvgIpc) is 2.75. The molecule has 1 heterocycles. The Morgan fingerprint density at radius 2 is 1.74 bits per heavy atom. The van der Waals surface area contributed by atoms with E-state index in [1.165, 1.54) is 12.3 Å². The molecule has 3 rings (SSSR count). The van der Waals surface area contributed by atoms with Gasteiger partial charge in [0.15, 0.2) is 0 Å². The van der Waals surface area contributed by atoms with Crippen LogP contribution < -0.4 is 15.9 Å². The third-order valence-electron chi connectivity index (χ3n) is 3.90. The summed E-state index contributed by atoms with van der Waals surface area (Å²) < 4.78 is 44.3. The fourth-order valence-electron chi connectivity index (χ4n) is 2.44. The van der Waals surface area contributed by atoms with Gasteiger partial charge in [0.25, 0.3) is 0 Å². The molecule has 2 aromatic carbocycles. The average molecular weight is 448 g/mol. The summed E-state index contributed by atoms with van der Waals surface area (Å²) in [5, 5.41) is 6.09. The summed E-state index contributed by atoms with van der Waals surface area (Å²) in [7, 11) is 0. The Hall–Kier alpha value is -3.59. The molecule has 0 saturated heterocycles. The molecule has 3 N–H and O–H groups in total. The topological polar surface area (TPSA) is 84.9 Å². The lowest BCUT2D eigenvalue weighted by Crippen LogP contribution is -2.18. The van der Waals surface area contributed by atoms with Gasteiger partial charge in [-0.1, -0.05) is 29.8 Å². The number of rotatable bonds is 7. The van der Waals surface area contributed by atoms with Gasteiger partial charge in [0.1, 0.15) is 22.3 Å². The summed E-state index contributed by atoms with van der Waals surface area (Å²) in [5.41, 5.74) is -0.0384. The lowest BCUT2D eigenvalue weighted by atomic mass is 10.3. The van der Waals surface area contributed by atoms with Gasteiger partial charge >= 0.3 is 6.18 Å². The minimum atomic E-state index is -4.61. The summed E-state index contributed by atoms with van der Waals surface area (Å²) in [6.45, 7) is 0.0346. The second kappa shape index (κ2) is 9.94. The van der Waals surface area contributed by atoms with Crippen molar-refractivity contribution in [1.29, 1.82) is 0 Å². The number of ether oxygens (including phenoxy) is 1. The molecule has 10 heteroatoms. The number of hydrogen-bond donors (Lipinski definition) is 2. The van der Waals surface area contributed by atoms with Gasteiger partial charge in [-0.25, -0.2) is 4.98 Å². The van der Waals surface area contributed by atoms with Crippen molar-refractivity contribution in [3.05, 3.63) is 77.6 Å². The SMILES string of the molecule is NN=C(C=Nc1ccc(Oc2ccccc2)cc1)CNc1cc(Cl)nc(C(F)(F)F)c1. The third-order valence-corrected chi connectivity index (χ3v) is 4.10. The van der Waals surface area contributed by atoms with Crippen molar-refractivity contribution < 1.29 is 17.9 Å². The van der Waals surface area contributed by atoms with E-state index in [-0.39, 0.29) is 17.4 Å². The normalized spacial score (nSPS) is 12.2. The quantitative estimate of drug-likeness (QED) is 0.211. The van der Waals surface area contributed by atoms with Crippen LogP contribution in [0.3, 0.4) is 0 Å². The lowest BCUT2D eigenvalue weighted by molar-refractivity contribution is -0.141. The Kier molecular flexibility index (Phi) is 7.09. The van der Waals surface area contributed by atoms with Crippen LogP contribution in [0.1, 0.15) is 5.69 Å². The Balaban J connectivity index is 1.60. The van der Waals surface area contributed by atoms with Crippen molar-refractivity contribution in [1.82, 2.24) is 4.98 Å². The number of hydrogen-bond acceptors (Lipinski definition) is 6. The maximum atomic E-state index is 12.8. The van der Waals surface area contributed by atoms with Crippen LogP contribution in [0, 0.1) is 0 Å². The molecular weight excluding hydrogens is 431 g/mol. The molecule has 0 fully saturated rings. The minimum absolute atomic E-state index is 0.0346. The van der Waals surface area contributed by atoms with Crippen LogP contribution in [0.4, 0.5) is 24.5 Å². The maximum absolute atomic E-state index is 12.8. The van der Waals surface area contributed by atoms with Gasteiger partial charge in [-0.05, 0) is 48.5 Å². The molecule has 1 aromatic heterocycles. The van der Waals surface area contributed by atoms with Gasteiger partial charge in [0, 0.05) is 5.69 Å². The van der Waals surface area contributed by atoms with Gasteiger partial charge in [-0.2, -0.15) is 18.3 Å². The second-order valence-corrected chi connectivity index (χ2v) is 6.59. The predicted molar refractivity (Wildman–Crippen MR) is 115 cm³/mol. The van der Waals surface area contributed by atoms with Gasteiger partial charge in [-0.15, -0.1) is 0 Å². The van der Waals surface area contributed by atoms with E-state index in [1.54, 1.807) is 24.3 Å². The van der Waals surface area contributed by atoms with E-state index >= 15 is 0 Å². The molecule has 0 aliphatic rings. The van der Waals surface area contributed by atoms with Gasteiger partial charge in [0.2, 0.25) is 0 Å². The van der Waals surface area contributed by atoms with Crippen LogP contribution in [0.25, 0.3) is 0 Å². The number of pyridine rings is 1.